The maximum Gasteiger partial charge on any atom is 0.206 e. The summed E-state index contributed by atoms with van der Waals surface area (Å²) in [5.74, 6) is 2.42. The molecule has 7 heteroatoms. The summed E-state index contributed by atoms with van der Waals surface area (Å²) in [6.07, 6.45) is 0. The van der Waals surface area contributed by atoms with Crippen molar-refractivity contribution >= 4 is 21.2 Å². The molecule has 0 atom stereocenters. The molecule has 0 aliphatic rings. The monoisotopic (exact) mass is 460 g/mol. The molecule has 0 bridgehead atoms. The number of benzene rings is 4. The van der Waals surface area contributed by atoms with E-state index in [1.807, 2.05) is 62.6 Å². The van der Waals surface area contributed by atoms with Gasteiger partial charge in [-0.2, -0.15) is 0 Å². The largest absolute Gasteiger partial charge is 0.457 e. The van der Waals surface area contributed by atoms with Gasteiger partial charge in [0.05, 0.1) is 9.79 Å². The second-order valence-corrected chi connectivity index (χ2v) is 9.16. The van der Waals surface area contributed by atoms with E-state index in [4.69, 9.17) is 9.47 Å². The van der Waals surface area contributed by atoms with Crippen LogP contribution in [0.5, 0.6) is 23.0 Å². The van der Waals surface area contributed by atoms with Crippen molar-refractivity contribution in [3.05, 3.63) is 97.1 Å². The Morgan fingerprint density at radius 3 is 1.30 bits per heavy atom. The zero-order valence-corrected chi connectivity index (χ0v) is 19.1. The number of hydrogen-bond acceptors (Lipinski definition) is 6. The Bertz CT molecular complexity index is 1240. The van der Waals surface area contributed by atoms with Crippen LogP contribution in [0, 0.1) is 0 Å². The molecule has 4 aromatic carbocycles. The first-order valence-electron chi connectivity index (χ1n) is 10.3. The van der Waals surface area contributed by atoms with Crippen molar-refractivity contribution in [2.45, 2.75) is 9.79 Å². The smallest absolute Gasteiger partial charge is 0.206 e. The van der Waals surface area contributed by atoms with Gasteiger partial charge in [-0.05, 0) is 72.8 Å². The van der Waals surface area contributed by atoms with Crippen molar-refractivity contribution in [3.8, 4) is 23.0 Å². The minimum atomic E-state index is -3.67. The molecule has 33 heavy (non-hydrogen) atoms. The molecule has 4 aromatic rings. The fraction of sp³-hybridized carbons (Fsp3) is 0.0769. The Balaban J connectivity index is 1.48. The fourth-order valence-corrected chi connectivity index (χ4v) is 4.47. The van der Waals surface area contributed by atoms with Gasteiger partial charge in [-0.1, -0.05) is 12.1 Å². The Hall–Kier alpha value is -3.97. The predicted octanol–water partition coefficient (Wildman–Crippen LogP) is 6.19. The molecule has 0 aromatic heterocycles. The normalized spacial score (nSPS) is 11.0. The summed E-state index contributed by atoms with van der Waals surface area (Å²) in [5, 5.41) is 6.10. The average Bonchev–Trinajstić information content (AvgIpc) is 2.85. The third-order valence-corrected chi connectivity index (χ3v) is 6.77. The minimum absolute atomic E-state index is 0.189. The number of hydrogen-bond donors (Lipinski definition) is 2. The van der Waals surface area contributed by atoms with Crippen LogP contribution in [0.1, 0.15) is 0 Å². The number of nitrogens with one attached hydrogen (secondary N) is 2. The molecule has 0 aliphatic carbocycles. The number of rotatable bonds is 8. The lowest BCUT2D eigenvalue weighted by Gasteiger charge is -2.10. The van der Waals surface area contributed by atoms with E-state index in [0.29, 0.717) is 23.0 Å². The Kier molecular flexibility index (Phi) is 6.51. The molecule has 2 N–H and O–H groups in total. The van der Waals surface area contributed by atoms with Gasteiger partial charge in [-0.25, -0.2) is 8.42 Å². The van der Waals surface area contributed by atoms with Gasteiger partial charge >= 0.3 is 0 Å². The van der Waals surface area contributed by atoms with E-state index in [9.17, 15) is 8.42 Å². The summed E-state index contributed by atoms with van der Waals surface area (Å²) in [6.45, 7) is 0. The van der Waals surface area contributed by atoms with Gasteiger partial charge in [0, 0.05) is 37.6 Å². The highest BCUT2D eigenvalue weighted by molar-refractivity contribution is 7.91. The van der Waals surface area contributed by atoms with Crippen molar-refractivity contribution in [2.24, 2.45) is 0 Å². The molecule has 0 aliphatic heterocycles. The van der Waals surface area contributed by atoms with E-state index < -0.39 is 9.84 Å². The SMILES string of the molecule is CNc1cccc(Oc2ccc(S(=O)(=O)c3ccc(Oc4cccc(NC)c4)cc3)cc2)c1. The third-order valence-electron chi connectivity index (χ3n) is 4.98. The highest BCUT2D eigenvalue weighted by Gasteiger charge is 2.18. The van der Waals surface area contributed by atoms with Gasteiger partial charge in [-0.3, -0.25) is 0 Å². The molecular weight excluding hydrogens is 436 g/mol. The first-order chi connectivity index (χ1) is 16.0. The van der Waals surface area contributed by atoms with Crippen molar-refractivity contribution in [1.82, 2.24) is 0 Å². The van der Waals surface area contributed by atoms with Crippen molar-refractivity contribution in [3.63, 3.8) is 0 Å². The van der Waals surface area contributed by atoms with Gasteiger partial charge in [-0.15, -0.1) is 0 Å². The summed E-state index contributed by atoms with van der Waals surface area (Å²) in [6, 6.07) is 27.8. The summed E-state index contributed by atoms with van der Waals surface area (Å²) in [4.78, 5) is 0.378. The molecule has 168 valence electrons. The summed E-state index contributed by atoms with van der Waals surface area (Å²) < 4.78 is 37.7. The van der Waals surface area contributed by atoms with Crippen LogP contribution in [0.2, 0.25) is 0 Å². The fourth-order valence-electron chi connectivity index (χ4n) is 3.21. The van der Waals surface area contributed by atoms with Gasteiger partial charge in [0.2, 0.25) is 9.84 Å². The van der Waals surface area contributed by atoms with E-state index in [1.54, 1.807) is 48.5 Å². The molecule has 0 unspecified atom stereocenters. The first kappa shape index (κ1) is 22.2. The maximum atomic E-state index is 13.0. The van der Waals surface area contributed by atoms with Crippen LogP contribution >= 0.6 is 0 Å². The maximum absolute atomic E-state index is 13.0. The standard InChI is InChI=1S/C26H24N2O4S/c1-27-19-5-3-7-23(17-19)31-21-9-13-25(14-10-21)33(29,30)26-15-11-22(12-16-26)32-24-8-4-6-20(18-24)28-2/h3-18,27-28H,1-2H3. The number of sulfone groups is 1. The second-order valence-electron chi connectivity index (χ2n) is 7.21. The molecule has 0 fully saturated rings. The zero-order chi connectivity index (χ0) is 23.3. The average molecular weight is 461 g/mol. The van der Waals surface area contributed by atoms with Gasteiger partial charge in [0.1, 0.15) is 23.0 Å². The summed E-state index contributed by atoms with van der Waals surface area (Å²) in [5.41, 5.74) is 1.85. The van der Waals surface area contributed by atoms with Crippen LogP contribution < -0.4 is 20.1 Å². The highest BCUT2D eigenvalue weighted by atomic mass is 32.2. The molecule has 0 saturated heterocycles. The number of ether oxygens (including phenoxy) is 2. The van der Waals surface area contributed by atoms with Crippen LogP contribution in [0.15, 0.2) is 107 Å². The highest BCUT2D eigenvalue weighted by Crippen LogP contribution is 2.29. The topological polar surface area (TPSA) is 76.7 Å². The van der Waals surface area contributed by atoms with Crippen molar-refractivity contribution < 1.29 is 17.9 Å². The van der Waals surface area contributed by atoms with E-state index >= 15 is 0 Å². The lowest BCUT2D eigenvalue weighted by atomic mass is 10.3. The van der Waals surface area contributed by atoms with Crippen LogP contribution in [-0.4, -0.2) is 22.5 Å². The predicted molar refractivity (Wildman–Crippen MR) is 130 cm³/mol. The van der Waals surface area contributed by atoms with Crippen molar-refractivity contribution in [2.75, 3.05) is 24.7 Å². The van der Waals surface area contributed by atoms with E-state index in [2.05, 4.69) is 10.6 Å². The van der Waals surface area contributed by atoms with Crippen LogP contribution in [0.25, 0.3) is 0 Å². The molecule has 0 amide bonds. The molecule has 6 nitrogen and oxygen atoms in total. The second kappa shape index (κ2) is 9.67. The lowest BCUT2D eigenvalue weighted by Crippen LogP contribution is -2.02. The van der Waals surface area contributed by atoms with Gasteiger partial charge < -0.3 is 20.1 Å². The molecule has 0 spiro atoms. The van der Waals surface area contributed by atoms with Crippen molar-refractivity contribution in [1.29, 1.82) is 0 Å². The lowest BCUT2D eigenvalue weighted by molar-refractivity contribution is 0.482. The Morgan fingerprint density at radius 1 is 0.545 bits per heavy atom. The van der Waals surface area contributed by atoms with Crippen LogP contribution in [0.4, 0.5) is 11.4 Å². The summed E-state index contributed by atoms with van der Waals surface area (Å²) in [7, 11) is -0.00644. The zero-order valence-electron chi connectivity index (χ0n) is 18.3. The van der Waals surface area contributed by atoms with Gasteiger partial charge in [0.25, 0.3) is 0 Å². The Morgan fingerprint density at radius 2 is 0.939 bits per heavy atom. The molecular formula is C26H24N2O4S. The molecule has 0 radical (unpaired) electrons. The van der Waals surface area contributed by atoms with E-state index in [-0.39, 0.29) is 9.79 Å². The number of anilines is 2. The quantitative estimate of drug-likeness (QED) is 0.327. The molecule has 4 rings (SSSR count). The van der Waals surface area contributed by atoms with E-state index in [1.165, 1.54) is 0 Å². The molecule has 0 saturated carbocycles. The third kappa shape index (κ3) is 5.27. The first-order valence-corrected chi connectivity index (χ1v) is 11.8. The van der Waals surface area contributed by atoms with Crippen LogP contribution in [0.3, 0.4) is 0 Å². The van der Waals surface area contributed by atoms with Crippen LogP contribution in [-0.2, 0) is 9.84 Å². The minimum Gasteiger partial charge on any atom is -0.457 e. The summed E-state index contributed by atoms with van der Waals surface area (Å²) >= 11 is 0. The van der Waals surface area contributed by atoms with Gasteiger partial charge in [0.15, 0.2) is 0 Å². The van der Waals surface area contributed by atoms with E-state index in [0.717, 1.165) is 11.4 Å². The Labute approximate surface area is 193 Å². The molecule has 0 heterocycles.